The van der Waals surface area contributed by atoms with Crippen molar-refractivity contribution in [1.29, 1.82) is 0 Å². The number of likely N-dealkylation sites (N-methyl/N-ethyl adjacent to an activating group) is 1. The molecule has 7 nitrogen and oxygen atoms in total. The van der Waals surface area contributed by atoms with Gasteiger partial charge in [0.2, 0.25) is 10.0 Å². The van der Waals surface area contributed by atoms with Crippen molar-refractivity contribution in [2.75, 3.05) is 58.6 Å². The molecular weight excluding hydrogens is 350 g/mol. The minimum Gasteiger partial charge on any atom is -0.357 e. The predicted molar refractivity (Wildman–Crippen MR) is 108 cm³/mol. The maximum Gasteiger partial charge on any atom is 0.211 e. The fraction of sp³-hybridized carbons (Fsp3) is 0.944. The van der Waals surface area contributed by atoms with Crippen molar-refractivity contribution >= 4 is 16.0 Å². The molecule has 1 atom stereocenters. The monoisotopic (exact) mass is 387 g/mol. The number of nitrogens with one attached hydrogen (secondary N) is 1. The standard InChI is InChI=1S/C18H37N5O2S/c1-5-19-18(22-11-10-17(15-22)21(6-2)7-3)20-14-16-8-12-23(13-9-16)26(4,24)25/h16-17H,5-15H2,1-4H3,(H,19,20). The van der Waals surface area contributed by atoms with E-state index in [9.17, 15) is 8.42 Å². The molecule has 2 aliphatic rings. The number of nitrogens with zero attached hydrogens (tertiary/aromatic N) is 4. The molecule has 2 fully saturated rings. The van der Waals surface area contributed by atoms with Crippen LogP contribution in [0.25, 0.3) is 0 Å². The molecule has 0 aromatic carbocycles. The molecule has 2 rings (SSSR count). The maximum absolute atomic E-state index is 11.6. The van der Waals surface area contributed by atoms with E-state index in [1.807, 2.05) is 0 Å². The Bertz CT molecular complexity index is 554. The maximum atomic E-state index is 11.6. The Morgan fingerprint density at radius 2 is 1.77 bits per heavy atom. The normalized spacial score (nSPS) is 23.8. The Kier molecular flexibility index (Phi) is 8.16. The van der Waals surface area contributed by atoms with E-state index in [1.165, 1.54) is 12.7 Å². The van der Waals surface area contributed by atoms with Gasteiger partial charge in [-0.3, -0.25) is 9.89 Å². The third-order valence-electron chi connectivity index (χ3n) is 5.67. The van der Waals surface area contributed by atoms with Gasteiger partial charge in [-0.15, -0.1) is 0 Å². The van der Waals surface area contributed by atoms with E-state index in [-0.39, 0.29) is 0 Å². The first-order valence-electron chi connectivity index (χ1n) is 10.1. The molecule has 1 N–H and O–H groups in total. The third-order valence-corrected chi connectivity index (χ3v) is 6.97. The van der Waals surface area contributed by atoms with Crippen molar-refractivity contribution in [2.24, 2.45) is 10.9 Å². The van der Waals surface area contributed by atoms with Crippen LogP contribution in [0, 0.1) is 5.92 Å². The summed E-state index contributed by atoms with van der Waals surface area (Å²) in [6.45, 7) is 13.8. The SMILES string of the molecule is CCNC(=NCC1CCN(S(C)(=O)=O)CC1)N1CCC(N(CC)CC)C1. The van der Waals surface area contributed by atoms with Crippen LogP contribution in [-0.2, 0) is 10.0 Å². The van der Waals surface area contributed by atoms with E-state index < -0.39 is 10.0 Å². The first kappa shape index (κ1) is 21.4. The summed E-state index contributed by atoms with van der Waals surface area (Å²) in [6, 6.07) is 0.617. The van der Waals surface area contributed by atoms with Crippen LogP contribution in [0.15, 0.2) is 4.99 Å². The lowest BCUT2D eigenvalue weighted by atomic mass is 9.98. The molecular formula is C18H37N5O2S. The van der Waals surface area contributed by atoms with E-state index in [0.717, 1.165) is 58.1 Å². The largest absolute Gasteiger partial charge is 0.357 e. The second-order valence-electron chi connectivity index (χ2n) is 7.41. The number of rotatable bonds is 7. The number of sulfonamides is 1. The van der Waals surface area contributed by atoms with E-state index in [2.05, 4.69) is 35.9 Å². The Morgan fingerprint density at radius 3 is 2.31 bits per heavy atom. The zero-order chi connectivity index (χ0) is 19.2. The number of guanidine groups is 1. The van der Waals surface area contributed by atoms with Crippen LogP contribution >= 0.6 is 0 Å². The summed E-state index contributed by atoms with van der Waals surface area (Å²) >= 11 is 0. The van der Waals surface area contributed by atoms with Crippen LogP contribution in [0.2, 0.25) is 0 Å². The van der Waals surface area contributed by atoms with Gasteiger partial charge in [-0.1, -0.05) is 13.8 Å². The average Bonchev–Trinajstić information content (AvgIpc) is 3.09. The second kappa shape index (κ2) is 9.90. The van der Waals surface area contributed by atoms with Gasteiger partial charge >= 0.3 is 0 Å². The van der Waals surface area contributed by atoms with E-state index in [4.69, 9.17) is 4.99 Å². The van der Waals surface area contributed by atoms with Gasteiger partial charge in [-0.25, -0.2) is 12.7 Å². The zero-order valence-electron chi connectivity index (χ0n) is 16.9. The lowest BCUT2D eigenvalue weighted by Crippen LogP contribution is -2.43. The van der Waals surface area contributed by atoms with E-state index in [1.54, 1.807) is 4.31 Å². The minimum absolute atomic E-state index is 0.475. The molecule has 8 heteroatoms. The van der Waals surface area contributed by atoms with Crippen molar-refractivity contribution in [3.05, 3.63) is 0 Å². The average molecular weight is 388 g/mol. The molecule has 0 saturated carbocycles. The summed E-state index contributed by atoms with van der Waals surface area (Å²) in [5.74, 6) is 1.50. The highest BCUT2D eigenvalue weighted by molar-refractivity contribution is 7.88. The van der Waals surface area contributed by atoms with Crippen LogP contribution in [0.5, 0.6) is 0 Å². The van der Waals surface area contributed by atoms with E-state index in [0.29, 0.717) is 25.0 Å². The number of hydrogen-bond acceptors (Lipinski definition) is 4. The fourth-order valence-corrected chi connectivity index (χ4v) is 4.91. The van der Waals surface area contributed by atoms with Crippen LogP contribution < -0.4 is 5.32 Å². The van der Waals surface area contributed by atoms with Crippen LogP contribution in [0.4, 0.5) is 0 Å². The first-order valence-corrected chi connectivity index (χ1v) is 12.0. The summed E-state index contributed by atoms with van der Waals surface area (Å²) in [7, 11) is -3.05. The molecule has 0 aliphatic carbocycles. The second-order valence-corrected chi connectivity index (χ2v) is 9.39. The molecule has 2 aliphatic heterocycles. The fourth-order valence-electron chi connectivity index (χ4n) is 4.04. The van der Waals surface area contributed by atoms with Crippen molar-refractivity contribution < 1.29 is 8.42 Å². The van der Waals surface area contributed by atoms with Gasteiger partial charge in [-0.2, -0.15) is 0 Å². The van der Waals surface area contributed by atoms with Gasteiger partial charge in [0.25, 0.3) is 0 Å². The highest BCUT2D eigenvalue weighted by Gasteiger charge is 2.29. The lowest BCUT2D eigenvalue weighted by Gasteiger charge is -2.30. The number of likely N-dealkylation sites (tertiary alicyclic amines) is 1. The summed E-state index contributed by atoms with van der Waals surface area (Å²) in [6.07, 6.45) is 4.30. The molecule has 152 valence electrons. The molecule has 0 aromatic heterocycles. The quantitative estimate of drug-likeness (QED) is 0.522. The highest BCUT2D eigenvalue weighted by atomic mass is 32.2. The van der Waals surface area contributed by atoms with Gasteiger partial charge in [-0.05, 0) is 45.2 Å². The van der Waals surface area contributed by atoms with Gasteiger partial charge in [0.15, 0.2) is 5.96 Å². The predicted octanol–water partition coefficient (Wildman–Crippen LogP) is 1.04. The van der Waals surface area contributed by atoms with Gasteiger partial charge in [0, 0.05) is 45.3 Å². The van der Waals surface area contributed by atoms with Gasteiger partial charge < -0.3 is 10.2 Å². The lowest BCUT2D eigenvalue weighted by molar-refractivity contribution is 0.223. The van der Waals surface area contributed by atoms with Crippen molar-refractivity contribution in [2.45, 2.75) is 46.1 Å². The van der Waals surface area contributed by atoms with Gasteiger partial charge in [0.1, 0.15) is 0 Å². The van der Waals surface area contributed by atoms with E-state index >= 15 is 0 Å². The Morgan fingerprint density at radius 1 is 1.12 bits per heavy atom. The van der Waals surface area contributed by atoms with Crippen molar-refractivity contribution in [3.63, 3.8) is 0 Å². The molecule has 2 heterocycles. The van der Waals surface area contributed by atoms with Gasteiger partial charge in [0.05, 0.1) is 6.26 Å². The van der Waals surface area contributed by atoms with Crippen LogP contribution in [0.3, 0.4) is 0 Å². The zero-order valence-corrected chi connectivity index (χ0v) is 17.8. The summed E-state index contributed by atoms with van der Waals surface area (Å²) in [4.78, 5) is 9.82. The highest BCUT2D eigenvalue weighted by Crippen LogP contribution is 2.20. The number of piperidine rings is 1. The summed E-state index contributed by atoms with van der Waals surface area (Å²) in [5, 5.41) is 3.44. The molecule has 0 spiro atoms. The third kappa shape index (κ3) is 5.82. The molecule has 0 bridgehead atoms. The molecule has 2 saturated heterocycles. The van der Waals surface area contributed by atoms with Crippen LogP contribution in [-0.4, -0.2) is 93.1 Å². The summed E-state index contributed by atoms with van der Waals surface area (Å²) in [5.41, 5.74) is 0. The first-order chi connectivity index (χ1) is 12.4. The number of aliphatic imine (C=N–C) groups is 1. The molecule has 0 radical (unpaired) electrons. The molecule has 0 amide bonds. The Labute approximate surface area is 159 Å². The topological polar surface area (TPSA) is 68.2 Å². The Balaban J connectivity index is 1.89. The van der Waals surface area contributed by atoms with Crippen molar-refractivity contribution in [1.82, 2.24) is 19.4 Å². The molecule has 26 heavy (non-hydrogen) atoms. The molecule has 0 aromatic rings. The Hall–Kier alpha value is -0.860. The molecule has 1 unspecified atom stereocenters. The van der Waals surface area contributed by atoms with Crippen molar-refractivity contribution in [3.8, 4) is 0 Å². The smallest absolute Gasteiger partial charge is 0.211 e. The minimum atomic E-state index is -3.05. The summed E-state index contributed by atoms with van der Waals surface area (Å²) < 4.78 is 24.9. The number of hydrogen-bond donors (Lipinski definition) is 1. The van der Waals surface area contributed by atoms with Crippen LogP contribution in [0.1, 0.15) is 40.0 Å².